The maximum atomic E-state index is 11.5. The normalized spacial score (nSPS) is 28.0. The van der Waals surface area contributed by atoms with Gasteiger partial charge in [0.2, 0.25) is 0 Å². The Morgan fingerprint density at radius 3 is 2.04 bits per heavy atom. The summed E-state index contributed by atoms with van der Waals surface area (Å²) in [6.07, 6.45) is 7.69. The average molecular weight is 388 g/mol. The number of nitrogens with two attached hydrogens (primary N) is 1. The van der Waals surface area contributed by atoms with E-state index in [0.717, 1.165) is 28.0 Å². The van der Waals surface area contributed by atoms with Crippen LogP contribution >= 0.6 is 11.3 Å². The number of nitrogens with zero attached hydrogens (tertiary/aromatic N) is 4. The summed E-state index contributed by atoms with van der Waals surface area (Å²) in [5.41, 5.74) is 6.49. The molecule has 0 spiro atoms. The first-order chi connectivity index (χ1) is 13.1. The largest absolute Gasteiger partial charge is 0.365 e. The number of hydrogen-bond donors (Lipinski definition) is 1. The molecule has 7 heteroatoms. The first kappa shape index (κ1) is 17.6. The zero-order valence-corrected chi connectivity index (χ0v) is 16.9. The van der Waals surface area contributed by atoms with Crippen molar-refractivity contribution in [3.63, 3.8) is 0 Å². The van der Waals surface area contributed by atoms with E-state index in [-0.39, 0.29) is 5.91 Å². The SMILES string of the molecule is Cc1nn(C2CCC(N3CCN(C4CC4)CC3)CC2)c2sc(C(N)=O)cc12. The third-order valence-corrected chi connectivity index (χ3v) is 7.89. The smallest absolute Gasteiger partial charge is 0.258 e. The van der Waals surface area contributed by atoms with Crippen molar-refractivity contribution in [1.29, 1.82) is 0 Å². The number of fused-ring (bicyclic) bond motifs is 1. The number of primary amides is 1. The first-order valence-corrected chi connectivity index (χ1v) is 11.2. The predicted octanol–water partition coefficient (Wildman–Crippen LogP) is 2.77. The van der Waals surface area contributed by atoms with Gasteiger partial charge >= 0.3 is 0 Å². The molecule has 146 valence electrons. The van der Waals surface area contributed by atoms with Gasteiger partial charge in [-0.3, -0.25) is 19.3 Å². The van der Waals surface area contributed by atoms with E-state index in [1.807, 2.05) is 13.0 Å². The molecule has 3 fully saturated rings. The van der Waals surface area contributed by atoms with E-state index in [0.29, 0.717) is 10.9 Å². The molecule has 1 saturated heterocycles. The van der Waals surface area contributed by atoms with Crippen LogP contribution < -0.4 is 5.73 Å². The molecule has 27 heavy (non-hydrogen) atoms. The van der Waals surface area contributed by atoms with Gasteiger partial charge < -0.3 is 5.73 Å². The van der Waals surface area contributed by atoms with Crippen LogP contribution in [0.15, 0.2) is 6.07 Å². The maximum Gasteiger partial charge on any atom is 0.258 e. The molecule has 2 N–H and O–H groups in total. The molecule has 3 heterocycles. The molecular formula is C20H29N5OS. The monoisotopic (exact) mass is 387 g/mol. The van der Waals surface area contributed by atoms with Gasteiger partial charge in [0.05, 0.1) is 16.6 Å². The number of carbonyl (C=O) groups is 1. The second kappa shape index (κ2) is 6.87. The zero-order chi connectivity index (χ0) is 18.5. The molecule has 0 aromatic carbocycles. The highest BCUT2D eigenvalue weighted by Gasteiger charge is 2.34. The summed E-state index contributed by atoms with van der Waals surface area (Å²) in [7, 11) is 0. The molecule has 6 nitrogen and oxygen atoms in total. The molecule has 2 aromatic rings. The zero-order valence-electron chi connectivity index (χ0n) is 16.1. The highest BCUT2D eigenvalue weighted by atomic mass is 32.1. The van der Waals surface area contributed by atoms with Crippen LogP contribution in [-0.2, 0) is 0 Å². The number of thiophene rings is 1. The number of aromatic nitrogens is 2. The van der Waals surface area contributed by atoms with E-state index in [2.05, 4.69) is 14.5 Å². The molecule has 1 amide bonds. The van der Waals surface area contributed by atoms with Gasteiger partial charge in [-0.15, -0.1) is 11.3 Å². The quantitative estimate of drug-likeness (QED) is 0.876. The van der Waals surface area contributed by atoms with Crippen LogP contribution in [0.5, 0.6) is 0 Å². The lowest BCUT2D eigenvalue weighted by atomic mass is 9.90. The van der Waals surface area contributed by atoms with Gasteiger partial charge in [-0.2, -0.15) is 5.10 Å². The van der Waals surface area contributed by atoms with Crippen molar-refractivity contribution in [2.75, 3.05) is 26.2 Å². The maximum absolute atomic E-state index is 11.5. The van der Waals surface area contributed by atoms with Crippen LogP contribution in [-0.4, -0.2) is 63.8 Å². The van der Waals surface area contributed by atoms with Crippen molar-refractivity contribution < 1.29 is 4.79 Å². The number of carbonyl (C=O) groups excluding carboxylic acids is 1. The fourth-order valence-electron chi connectivity index (χ4n) is 5.02. The Morgan fingerprint density at radius 1 is 1.00 bits per heavy atom. The molecule has 0 unspecified atom stereocenters. The number of rotatable bonds is 4. The van der Waals surface area contributed by atoms with Gasteiger partial charge in [0.15, 0.2) is 0 Å². The Labute approximate surface area is 164 Å². The number of hydrogen-bond acceptors (Lipinski definition) is 5. The fourth-order valence-corrected chi connectivity index (χ4v) is 6.10. The first-order valence-electron chi connectivity index (χ1n) is 10.4. The molecule has 0 bridgehead atoms. The van der Waals surface area contributed by atoms with E-state index in [9.17, 15) is 4.79 Å². The van der Waals surface area contributed by atoms with Crippen LogP contribution in [0.1, 0.15) is 59.9 Å². The Morgan fingerprint density at radius 2 is 1.52 bits per heavy atom. The molecule has 2 aromatic heterocycles. The minimum absolute atomic E-state index is 0.337. The minimum atomic E-state index is -0.337. The van der Waals surface area contributed by atoms with Crippen molar-refractivity contribution in [3.8, 4) is 0 Å². The van der Waals surface area contributed by atoms with Gasteiger partial charge in [0, 0.05) is 43.6 Å². The van der Waals surface area contributed by atoms with Gasteiger partial charge in [-0.05, 0) is 51.5 Å². The highest BCUT2D eigenvalue weighted by Crippen LogP contribution is 2.37. The Kier molecular flexibility index (Phi) is 4.49. The summed E-state index contributed by atoms with van der Waals surface area (Å²) in [4.78, 5) is 18.7. The molecule has 3 aliphatic rings. The van der Waals surface area contributed by atoms with Gasteiger partial charge in [0.25, 0.3) is 5.91 Å². The van der Waals surface area contributed by atoms with Gasteiger partial charge in [-0.1, -0.05) is 0 Å². The molecule has 0 atom stereocenters. The predicted molar refractivity (Wildman–Crippen MR) is 108 cm³/mol. The van der Waals surface area contributed by atoms with E-state index in [1.165, 1.54) is 76.0 Å². The summed E-state index contributed by atoms with van der Waals surface area (Å²) >= 11 is 1.49. The summed E-state index contributed by atoms with van der Waals surface area (Å²) in [6, 6.07) is 4.00. The minimum Gasteiger partial charge on any atom is -0.365 e. The molecule has 2 saturated carbocycles. The number of amides is 1. The lowest BCUT2D eigenvalue weighted by Crippen LogP contribution is -2.51. The van der Waals surface area contributed by atoms with Crippen LogP contribution in [0.2, 0.25) is 0 Å². The van der Waals surface area contributed by atoms with Crippen molar-refractivity contribution in [1.82, 2.24) is 19.6 Å². The summed E-state index contributed by atoms with van der Waals surface area (Å²) in [5, 5.41) is 5.89. The second-order valence-electron chi connectivity index (χ2n) is 8.49. The average Bonchev–Trinajstić information content (AvgIpc) is 3.36. The van der Waals surface area contributed by atoms with E-state index < -0.39 is 0 Å². The Bertz CT molecular complexity index is 838. The van der Waals surface area contributed by atoms with Crippen molar-refractivity contribution >= 4 is 27.5 Å². The lowest BCUT2D eigenvalue weighted by molar-refractivity contribution is 0.0675. The molecule has 0 radical (unpaired) electrons. The number of aryl methyl sites for hydroxylation is 1. The fraction of sp³-hybridized carbons (Fsp3) is 0.700. The van der Waals surface area contributed by atoms with E-state index in [4.69, 9.17) is 10.8 Å². The van der Waals surface area contributed by atoms with Crippen molar-refractivity contribution in [2.45, 2.75) is 63.6 Å². The van der Waals surface area contributed by atoms with Crippen LogP contribution in [0, 0.1) is 6.92 Å². The van der Waals surface area contributed by atoms with Gasteiger partial charge in [0.1, 0.15) is 4.83 Å². The molecule has 5 rings (SSSR count). The molecular weight excluding hydrogens is 358 g/mol. The molecule has 1 aliphatic heterocycles. The van der Waals surface area contributed by atoms with Gasteiger partial charge in [-0.25, -0.2) is 0 Å². The standard InChI is InChI=1S/C20H29N5OS/c1-13-17-12-18(19(21)26)27-20(17)25(22-13)16-6-4-15(5-7-16)24-10-8-23(9-11-24)14-2-3-14/h12,14-16H,2-11H2,1H3,(H2,21,26). The lowest BCUT2D eigenvalue weighted by Gasteiger charge is -2.42. The highest BCUT2D eigenvalue weighted by molar-refractivity contribution is 7.20. The summed E-state index contributed by atoms with van der Waals surface area (Å²) < 4.78 is 2.18. The van der Waals surface area contributed by atoms with E-state index >= 15 is 0 Å². The van der Waals surface area contributed by atoms with Crippen LogP contribution in [0.4, 0.5) is 0 Å². The topological polar surface area (TPSA) is 67.4 Å². The third kappa shape index (κ3) is 3.30. The van der Waals surface area contributed by atoms with E-state index in [1.54, 1.807) is 0 Å². The second-order valence-corrected chi connectivity index (χ2v) is 9.52. The molecule has 2 aliphatic carbocycles. The van der Waals surface area contributed by atoms with Crippen molar-refractivity contribution in [3.05, 3.63) is 16.6 Å². The third-order valence-electron chi connectivity index (χ3n) is 6.75. The Balaban J connectivity index is 1.24. The number of piperazine rings is 1. The van der Waals surface area contributed by atoms with Crippen molar-refractivity contribution in [2.24, 2.45) is 5.73 Å². The van der Waals surface area contributed by atoms with Crippen LogP contribution in [0.3, 0.4) is 0 Å². The van der Waals surface area contributed by atoms with Crippen LogP contribution in [0.25, 0.3) is 10.2 Å². The summed E-state index contributed by atoms with van der Waals surface area (Å²) in [5.74, 6) is -0.337. The Hall–Kier alpha value is -1.44. The summed E-state index contributed by atoms with van der Waals surface area (Å²) in [6.45, 7) is 7.03.